The van der Waals surface area contributed by atoms with Crippen LogP contribution >= 0.6 is 0 Å². The minimum absolute atomic E-state index is 0.0638. The lowest BCUT2D eigenvalue weighted by Crippen LogP contribution is -1.96. The highest BCUT2D eigenvalue weighted by atomic mass is 16.3. The van der Waals surface area contributed by atoms with Gasteiger partial charge >= 0.3 is 0 Å². The van der Waals surface area contributed by atoms with E-state index >= 15 is 0 Å². The third kappa shape index (κ3) is 3.93. The Morgan fingerprint density at radius 1 is 1.00 bits per heavy atom. The fraction of sp³-hybridized carbons (Fsp3) is 0.571. The van der Waals surface area contributed by atoms with Crippen molar-refractivity contribution in [3.63, 3.8) is 0 Å². The zero-order chi connectivity index (χ0) is 12.7. The molecule has 0 saturated heterocycles. The van der Waals surface area contributed by atoms with Crippen molar-refractivity contribution in [3.8, 4) is 11.5 Å². The molecular formula is C14H22O3. The van der Waals surface area contributed by atoms with E-state index in [9.17, 15) is 10.2 Å². The summed E-state index contributed by atoms with van der Waals surface area (Å²) in [4.78, 5) is 0. The molecule has 0 fully saturated rings. The van der Waals surface area contributed by atoms with Gasteiger partial charge in [0.05, 0.1) is 0 Å². The molecule has 0 atom stereocenters. The normalized spacial score (nSPS) is 10.7. The predicted molar refractivity (Wildman–Crippen MR) is 68.4 cm³/mol. The van der Waals surface area contributed by atoms with Crippen LogP contribution in [0.3, 0.4) is 0 Å². The number of aromatic hydroxyl groups is 2. The third-order valence-corrected chi connectivity index (χ3v) is 3.00. The number of hydrogen-bond donors (Lipinski definition) is 3. The van der Waals surface area contributed by atoms with Crippen LogP contribution in [0, 0.1) is 0 Å². The van der Waals surface area contributed by atoms with E-state index in [0.29, 0.717) is 12.0 Å². The molecule has 1 aromatic carbocycles. The van der Waals surface area contributed by atoms with Crippen molar-refractivity contribution in [2.45, 2.75) is 45.4 Å². The molecule has 0 aromatic heterocycles. The van der Waals surface area contributed by atoms with Crippen molar-refractivity contribution >= 4 is 0 Å². The van der Waals surface area contributed by atoms with Crippen LogP contribution in [-0.2, 0) is 12.8 Å². The Labute approximate surface area is 103 Å². The number of phenolic OH excluding ortho intramolecular Hbond substituents is 2. The molecule has 96 valence electrons. The van der Waals surface area contributed by atoms with Crippen molar-refractivity contribution in [1.29, 1.82) is 0 Å². The molecule has 0 radical (unpaired) electrons. The Kier molecular flexibility index (Phi) is 5.84. The Morgan fingerprint density at radius 3 is 2.41 bits per heavy atom. The van der Waals surface area contributed by atoms with Gasteiger partial charge in [-0.1, -0.05) is 32.3 Å². The first-order valence-electron chi connectivity index (χ1n) is 6.34. The molecule has 0 bridgehead atoms. The molecule has 1 aromatic rings. The Bertz CT molecular complexity index is 348. The minimum atomic E-state index is -0.0690. The van der Waals surface area contributed by atoms with Crippen LogP contribution in [-0.4, -0.2) is 21.9 Å². The van der Waals surface area contributed by atoms with Gasteiger partial charge in [0.25, 0.3) is 0 Å². The predicted octanol–water partition coefficient (Wildman–Crippen LogP) is 2.76. The molecular weight excluding hydrogens is 216 g/mol. The quantitative estimate of drug-likeness (QED) is 0.640. The highest BCUT2D eigenvalue weighted by Crippen LogP contribution is 2.31. The highest BCUT2D eigenvalue weighted by Gasteiger charge is 2.11. The van der Waals surface area contributed by atoms with Gasteiger partial charge in [0.15, 0.2) is 0 Å². The molecule has 0 amide bonds. The maximum absolute atomic E-state index is 9.99. The van der Waals surface area contributed by atoms with E-state index in [-0.39, 0.29) is 18.1 Å². The Balaban J connectivity index is 2.69. The third-order valence-electron chi connectivity index (χ3n) is 3.00. The fourth-order valence-electron chi connectivity index (χ4n) is 1.98. The van der Waals surface area contributed by atoms with E-state index in [4.69, 9.17) is 5.11 Å². The lowest BCUT2D eigenvalue weighted by Gasteiger charge is -2.10. The van der Waals surface area contributed by atoms with Crippen LogP contribution in [0.15, 0.2) is 12.1 Å². The second-order valence-corrected chi connectivity index (χ2v) is 4.36. The summed E-state index contributed by atoms with van der Waals surface area (Å²) in [6.07, 6.45) is 5.72. The summed E-state index contributed by atoms with van der Waals surface area (Å²) in [5, 5.41) is 28.5. The van der Waals surface area contributed by atoms with Crippen molar-refractivity contribution in [1.82, 2.24) is 0 Å². The monoisotopic (exact) mass is 238 g/mol. The number of phenols is 2. The van der Waals surface area contributed by atoms with Gasteiger partial charge in [0, 0.05) is 18.6 Å². The lowest BCUT2D eigenvalue weighted by molar-refractivity contribution is 0.294. The number of aryl methyl sites for hydroxylation is 1. The summed E-state index contributed by atoms with van der Waals surface area (Å²) >= 11 is 0. The van der Waals surface area contributed by atoms with Gasteiger partial charge in [-0.25, -0.2) is 0 Å². The summed E-state index contributed by atoms with van der Waals surface area (Å²) in [5.41, 5.74) is 1.32. The lowest BCUT2D eigenvalue weighted by atomic mass is 10.0. The second-order valence-electron chi connectivity index (χ2n) is 4.36. The first kappa shape index (κ1) is 13.8. The van der Waals surface area contributed by atoms with E-state index in [1.165, 1.54) is 12.8 Å². The molecule has 0 unspecified atom stereocenters. The molecule has 0 aliphatic rings. The first-order valence-corrected chi connectivity index (χ1v) is 6.34. The molecule has 0 heterocycles. The summed E-state index contributed by atoms with van der Waals surface area (Å²) in [6.45, 7) is 2.10. The molecule has 3 nitrogen and oxygen atoms in total. The van der Waals surface area contributed by atoms with E-state index in [2.05, 4.69) is 6.92 Å². The summed E-state index contributed by atoms with van der Waals surface area (Å²) < 4.78 is 0. The number of aliphatic hydroxyl groups is 1. The maximum atomic E-state index is 9.99. The Hall–Kier alpha value is -1.22. The minimum Gasteiger partial charge on any atom is -0.508 e. The van der Waals surface area contributed by atoms with Gasteiger partial charge in [-0.2, -0.15) is 0 Å². The van der Waals surface area contributed by atoms with Gasteiger partial charge in [-0.15, -0.1) is 0 Å². The van der Waals surface area contributed by atoms with Crippen molar-refractivity contribution < 1.29 is 15.3 Å². The highest BCUT2D eigenvalue weighted by molar-refractivity contribution is 5.48. The van der Waals surface area contributed by atoms with Gasteiger partial charge in [0.1, 0.15) is 11.5 Å². The number of aliphatic hydroxyl groups excluding tert-OH is 1. The van der Waals surface area contributed by atoms with Crippen molar-refractivity contribution in [3.05, 3.63) is 23.3 Å². The van der Waals surface area contributed by atoms with Gasteiger partial charge in [-0.05, 0) is 24.5 Å². The molecule has 1 rings (SSSR count). The topological polar surface area (TPSA) is 60.7 Å². The van der Waals surface area contributed by atoms with Crippen LogP contribution in [0.4, 0.5) is 0 Å². The number of unbranched alkanes of at least 4 members (excludes halogenated alkanes) is 3. The average molecular weight is 238 g/mol. The maximum Gasteiger partial charge on any atom is 0.125 e. The molecule has 17 heavy (non-hydrogen) atoms. The number of rotatable bonds is 7. The fourth-order valence-corrected chi connectivity index (χ4v) is 1.98. The number of benzene rings is 1. The van der Waals surface area contributed by atoms with E-state index < -0.39 is 0 Å². The van der Waals surface area contributed by atoms with Crippen molar-refractivity contribution in [2.24, 2.45) is 0 Å². The van der Waals surface area contributed by atoms with Crippen LogP contribution < -0.4 is 0 Å². The van der Waals surface area contributed by atoms with E-state index in [0.717, 1.165) is 24.8 Å². The molecule has 0 aliphatic heterocycles. The zero-order valence-electron chi connectivity index (χ0n) is 10.4. The van der Waals surface area contributed by atoms with Gasteiger partial charge < -0.3 is 15.3 Å². The largest absolute Gasteiger partial charge is 0.508 e. The average Bonchev–Trinajstić information content (AvgIpc) is 2.32. The van der Waals surface area contributed by atoms with E-state index in [1.807, 2.05) is 0 Å². The standard InChI is InChI=1S/C14H22O3/c1-2-3-4-5-6-11-7-8-13(16)12(9-10-15)14(11)17/h7-8,15-17H,2-6,9-10H2,1H3. The molecule has 3 heteroatoms. The van der Waals surface area contributed by atoms with Crippen LogP contribution in [0.2, 0.25) is 0 Å². The molecule has 0 aliphatic carbocycles. The summed E-state index contributed by atoms with van der Waals surface area (Å²) in [7, 11) is 0. The van der Waals surface area contributed by atoms with Gasteiger partial charge in [0.2, 0.25) is 0 Å². The smallest absolute Gasteiger partial charge is 0.125 e. The van der Waals surface area contributed by atoms with Crippen LogP contribution in [0.1, 0.15) is 43.7 Å². The second kappa shape index (κ2) is 7.17. The van der Waals surface area contributed by atoms with Crippen LogP contribution in [0.5, 0.6) is 11.5 Å². The van der Waals surface area contributed by atoms with E-state index in [1.54, 1.807) is 12.1 Å². The summed E-state index contributed by atoms with van der Waals surface area (Å²) in [6, 6.07) is 3.36. The first-order chi connectivity index (χ1) is 8.20. The Morgan fingerprint density at radius 2 is 1.76 bits per heavy atom. The van der Waals surface area contributed by atoms with Gasteiger partial charge in [-0.3, -0.25) is 0 Å². The molecule has 0 spiro atoms. The van der Waals surface area contributed by atoms with Crippen LogP contribution in [0.25, 0.3) is 0 Å². The molecule has 3 N–H and O–H groups in total. The zero-order valence-corrected chi connectivity index (χ0v) is 10.4. The van der Waals surface area contributed by atoms with Crippen molar-refractivity contribution in [2.75, 3.05) is 6.61 Å². The summed E-state index contributed by atoms with van der Waals surface area (Å²) in [5.74, 6) is 0.212. The SMILES string of the molecule is CCCCCCc1ccc(O)c(CCO)c1O. The number of hydrogen-bond acceptors (Lipinski definition) is 3. The molecule has 0 saturated carbocycles.